The first-order valence-electron chi connectivity index (χ1n) is 3.90. The molecule has 0 bridgehead atoms. The Morgan fingerprint density at radius 1 is 1.20 bits per heavy atom. The summed E-state index contributed by atoms with van der Waals surface area (Å²) >= 11 is 0. The second-order valence-electron chi connectivity index (χ2n) is 3.34. The summed E-state index contributed by atoms with van der Waals surface area (Å²) in [6.07, 6.45) is 0. The van der Waals surface area contributed by atoms with Gasteiger partial charge in [0.15, 0.2) is 0 Å². The first kappa shape index (κ1) is 7.86. The van der Waals surface area contributed by atoms with Gasteiger partial charge in [-0.1, -0.05) is 11.1 Å². The van der Waals surface area contributed by atoms with Crippen LogP contribution < -0.4 is 0 Å². The van der Waals surface area contributed by atoms with E-state index in [9.17, 15) is 0 Å². The van der Waals surface area contributed by atoms with Crippen LogP contribution in [0.1, 0.15) is 20.8 Å². The van der Waals surface area contributed by atoms with Crippen LogP contribution in [0, 0.1) is 0 Å². The minimum absolute atomic E-state index is 0.833. The minimum atomic E-state index is 0.833. The monoisotopic (exact) mass is 150 g/mol. The van der Waals surface area contributed by atoms with Crippen molar-refractivity contribution in [3.8, 4) is 0 Å². The van der Waals surface area contributed by atoms with E-state index in [0.717, 1.165) is 5.54 Å². The molecule has 0 radical (unpaired) electrons. The highest BCUT2D eigenvalue weighted by Gasteiger charge is 2.18. The van der Waals surface area contributed by atoms with Gasteiger partial charge in [-0.2, -0.15) is 0 Å². The maximum absolute atomic E-state index is 2.27. The summed E-state index contributed by atoms with van der Waals surface area (Å²) in [5.41, 5.74) is 7.14. The second kappa shape index (κ2) is 2.42. The van der Waals surface area contributed by atoms with E-state index in [2.05, 4.69) is 28.6 Å². The number of hydrogen-bond donors (Lipinski definition) is 0. The third-order valence-electron chi connectivity index (χ3n) is 3.04. The lowest BCUT2D eigenvalue weighted by atomic mass is 9.90. The Labute approximate surface area is 67.2 Å². The lowest BCUT2D eigenvalue weighted by Crippen LogP contribution is -1.93. The van der Waals surface area contributed by atoms with E-state index < -0.39 is 0 Å². The summed E-state index contributed by atoms with van der Waals surface area (Å²) < 4.78 is 0. The van der Waals surface area contributed by atoms with Crippen LogP contribution in [0.4, 0.5) is 0 Å². The van der Waals surface area contributed by atoms with Gasteiger partial charge >= 0.3 is 0 Å². The molecule has 0 aliphatic heterocycles. The maximum Gasteiger partial charge on any atom is 0.134 e. The third-order valence-corrected chi connectivity index (χ3v) is 4.78. The number of allylic oxidation sites excluding steroid dienone is 4. The molecule has 0 amide bonds. The lowest BCUT2D eigenvalue weighted by Gasteiger charge is -2.05. The quantitative estimate of drug-likeness (QED) is 0.438. The van der Waals surface area contributed by atoms with E-state index in [4.69, 9.17) is 0 Å². The predicted molar refractivity (Wildman–Crippen MR) is 53.3 cm³/mol. The Bertz CT molecular complexity index is 201. The zero-order valence-electron chi connectivity index (χ0n) is 7.58. The van der Waals surface area contributed by atoms with Crippen molar-refractivity contribution < 1.29 is 0 Å². The Balaban J connectivity index is 3.09. The first-order chi connectivity index (χ1) is 4.55. The molecule has 10 heavy (non-hydrogen) atoms. The number of hydrogen-bond acceptors (Lipinski definition) is 0. The van der Waals surface area contributed by atoms with Crippen molar-refractivity contribution in [3.63, 3.8) is 0 Å². The molecule has 0 aromatic carbocycles. The van der Waals surface area contributed by atoms with E-state index >= 15 is 0 Å². The second-order valence-corrected chi connectivity index (χ2v) is 4.49. The zero-order valence-corrected chi connectivity index (χ0v) is 9.58. The van der Waals surface area contributed by atoms with Crippen LogP contribution in [-0.4, -0.2) is 18.1 Å². The van der Waals surface area contributed by atoms with Gasteiger partial charge in [0.1, 0.15) is 7.85 Å². The van der Waals surface area contributed by atoms with Gasteiger partial charge in [0.2, 0.25) is 0 Å². The minimum Gasteiger partial charge on any atom is -0.104 e. The Kier molecular flexibility index (Phi) is 1.91. The topological polar surface area (TPSA) is 0 Å². The van der Waals surface area contributed by atoms with E-state index in [0.29, 0.717) is 0 Å². The molecule has 0 heterocycles. The van der Waals surface area contributed by atoms with E-state index in [-0.39, 0.29) is 0 Å². The fourth-order valence-electron chi connectivity index (χ4n) is 1.57. The summed E-state index contributed by atoms with van der Waals surface area (Å²) in [5, 5.41) is 0. The molecule has 0 aromatic rings. The molecule has 0 nitrogen and oxygen atoms in total. The molecule has 1 unspecified atom stereocenters. The van der Waals surface area contributed by atoms with Gasteiger partial charge in [-0.25, -0.2) is 0 Å². The standard InChI is InChI=1S/C8H15BSi/c1-4-5(2)7(9)8(10)6(4)3/h8H,9H2,1-3,10H3. The van der Waals surface area contributed by atoms with Crippen molar-refractivity contribution in [3.05, 3.63) is 22.2 Å². The van der Waals surface area contributed by atoms with E-state index in [1.165, 1.54) is 21.4 Å². The number of rotatable bonds is 0. The zero-order chi connectivity index (χ0) is 7.89. The van der Waals surface area contributed by atoms with Gasteiger partial charge in [0, 0.05) is 10.2 Å². The van der Waals surface area contributed by atoms with Crippen LogP contribution in [0.5, 0.6) is 0 Å². The smallest absolute Gasteiger partial charge is 0.104 e. The molecule has 0 saturated carbocycles. The molecule has 1 aliphatic rings. The molecule has 0 spiro atoms. The molecule has 0 N–H and O–H groups in total. The summed E-state index contributed by atoms with van der Waals surface area (Å²) in [6.45, 7) is 6.76. The molecule has 54 valence electrons. The SMILES string of the molecule is BC1=C(C)C(C)=C(C)C1[SiH3]. The highest BCUT2D eigenvalue weighted by Crippen LogP contribution is 2.36. The van der Waals surface area contributed by atoms with Gasteiger partial charge in [0.05, 0.1) is 0 Å². The van der Waals surface area contributed by atoms with Crippen molar-refractivity contribution >= 4 is 18.1 Å². The Hall–Kier alpha value is -0.238. The molecule has 2 heteroatoms. The molecular formula is C8H15BSi. The highest BCUT2D eigenvalue weighted by molar-refractivity contribution is 6.32. The van der Waals surface area contributed by atoms with Crippen LogP contribution >= 0.6 is 0 Å². The largest absolute Gasteiger partial charge is 0.134 e. The third kappa shape index (κ3) is 0.909. The van der Waals surface area contributed by atoms with Gasteiger partial charge in [-0.15, -0.1) is 5.47 Å². The fourth-order valence-corrected chi connectivity index (χ4v) is 2.43. The van der Waals surface area contributed by atoms with Crippen molar-refractivity contribution in [1.29, 1.82) is 0 Å². The van der Waals surface area contributed by atoms with Gasteiger partial charge in [-0.3, -0.25) is 0 Å². The van der Waals surface area contributed by atoms with Crippen molar-refractivity contribution in [2.45, 2.75) is 26.3 Å². The van der Waals surface area contributed by atoms with Crippen LogP contribution in [0.25, 0.3) is 0 Å². The van der Waals surface area contributed by atoms with E-state index in [1.54, 1.807) is 11.0 Å². The summed E-state index contributed by atoms with van der Waals surface area (Å²) in [4.78, 5) is 0. The Morgan fingerprint density at radius 2 is 1.70 bits per heavy atom. The van der Waals surface area contributed by atoms with Gasteiger partial charge in [0.25, 0.3) is 0 Å². The molecule has 0 aromatic heterocycles. The molecule has 0 saturated heterocycles. The van der Waals surface area contributed by atoms with Crippen LogP contribution in [0.3, 0.4) is 0 Å². The van der Waals surface area contributed by atoms with Gasteiger partial charge in [-0.05, 0) is 31.9 Å². The van der Waals surface area contributed by atoms with E-state index in [1.807, 2.05) is 0 Å². The van der Waals surface area contributed by atoms with Crippen molar-refractivity contribution in [1.82, 2.24) is 0 Å². The van der Waals surface area contributed by atoms with Crippen molar-refractivity contribution in [2.24, 2.45) is 0 Å². The molecule has 1 rings (SSSR count). The van der Waals surface area contributed by atoms with Crippen LogP contribution in [-0.2, 0) is 0 Å². The summed E-state index contributed by atoms with van der Waals surface area (Å²) in [6, 6.07) is 0. The Morgan fingerprint density at radius 3 is 1.80 bits per heavy atom. The summed E-state index contributed by atoms with van der Waals surface area (Å²) in [7, 11) is 3.55. The molecular weight excluding hydrogens is 135 g/mol. The van der Waals surface area contributed by atoms with Crippen LogP contribution in [0.2, 0.25) is 5.54 Å². The van der Waals surface area contributed by atoms with Gasteiger partial charge < -0.3 is 0 Å². The fraction of sp³-hybridized carbons (Fsp3) is 0.500. The maximum atomic E-state index is 2.27. The van der Waals surface area contributed by atoms with Crippen molar-refractivity contribution in [2.75, 3.05) is 0 Å². The average molecular weight is 150 g/mol. The summed E-state index contributed by atoms with van der Waals surface area (Å²) in [5.74, 6) is 0. The predicted octanol–water partition coefficient (Wildman–Crippen LogP) is 0.397. The average Bonchev–Trinajstić information content (AvgIpc) is 2.07. The molecule has 0 fully saturated rings. The first-order valence-corrected chi connectivity index (χ1v) is 5.06. The highest BCUT2D eigenvalue weighted by atomic mass is 28.1. The van der Waals surface area contributed by atoms with Crippen LogP contribution in [0.15, 0.2) is 22.2 Å². The molecule has 1 atom stereocenters. The molecule has 1 aliphatic carbocycles. The lowest BCUT2D eigenvalue weighted by molar-refractivity contribution is 1.19. The normalized spacial score (nSPS) is 26.9.